The van der Waals surface area contributed by atoms with E-state index in [0.29, 0.717) is 27.9 Å². The van der Waals surface area contributed by atoms with Crippen molar-refractivity contribution in [3.8, 4) is 28.5 Å². The maximum absolute atomic E-state index is 12.7. The van der Waals surface area contributed by atoms with Crippen LogP contribution in [0.2, 0.25) is 0 Å². The van der Waals surface area contributed by atoms with Gasteiger partial charge in [0.2, 0.25) is 0 Å². The van der Waals surface area contributed by atoms with Gasteiger partial charge in [0.25, 0.3) is 5.91 Å². The molecule has 27 heavy (non-hydrogen) atoms. The van der Waals surface area contributed by atoms with Crippen LogP contribution in [-0.2, 0) is 0 Å². The lowest BCUT2D eigenvalue weighted by Gasteiger charge is -2.14. The molecule has 0 saturated carbocycles. The van der Waals surface area contributed by atoms with E-state index < -0.39 is 0 Å². The number of benzene rings is 2. The molecule has 1 amide bonds. The molecule has 2 aromatic carbocycles. The van der Waals surface area contributed by atoms with Crippen LogP contribution in [0.4, 0.5) is 5.13 Å². The van der Waals surface area contributed by atoms with Crippen molar-refractivity contribution in [2.24, 2.45) is 0 Å². The molecule has 0 saturated heterocycles. The second-order valence-electron chi connectivity index (χ2n) is 5.67. The zero-order chi connectivity index (χ0) is 19.4. The second kappa shape index (κ2) is 8.09. The normalized spacial score (nSPS) is 10.4. The van der Waals surface area contributed by atoms with Crippen LogP contribution in [0.1, 0.15) is 10.4 Å². The van der Waals surface area contributed by atoms with E-state index in [9.17, 15) is 4.79 Å². The van der Waals surface area contributed by atoms with Crippen LogP contribution in [0, 0.1) is 0 Å². The Morgan fingerprint density at radius 2 is 1.63 bits per heavy atom. The molecule has 3 aromatic rings. The molecule has 7 heteroatoms. The monoisotopic (exact) mass is 384 g/mol. The number of thiazole rings is 1. The number of hydrogen-bond donors (Lipinski definition) is 0. The summed E-state index contributed by atoms with van der Waals surface area (Å²) in [6.07, 6.45) is 0. The molecule has 0 spiro atoms. The Kier molecular flexibility index (Phi) is 5.61. The second-order valence-corrected chi connectivity index (χ2v) is 6.51. The zero-order valence-corrected chi connectivity index (χ0v) is 16.4. The molecule has 3 rings (SSSR count). The standard InChI is InChI=1S/C20H20N2O4S/c1-22(19(23)13-5-7-14(24-2)8-6-13)20-21-17(12-27-20)16-11-15(25-3)9-10-18(16)26-4/h5-12H,1-4H3. The minimum absolute atomic E-state index is 0.142. The van der Waals surface area contributed by atoms with Crippen LogP contribution in [0.5, 0.6) is 17.2 Å². The van der Waals surface area contributed by atoms with Gasteiger partial charge in [-0.15, -0.1) is 11.3 Å². The summed E-state index contributed by atoms with van der Waals surface area (Å²) in [6, 6.07) is 12.5. The summed E-state index contributed by atoms with van der Waals surface area (Å²) in [5, 5.41) is 2.49. The van der Waals surface area contributed by atoms with Gasteiger partial charge in [0, 0.05) is 23.6 Å². The van der Waals surface area contributed by atoms with E-state index in [-0.39, 0.29) is 5.91 Å². The van der Waals surface area contributed by atoms with Crippen molar-refractivity contribution in [3.05, 3.63) is 53.4 Å². The summed E-state index contributed by atoms with van der Waals surface area (Å²) >= 11 is 1.39. The molecule has 140 valence electrons. The summed E-state index contributed by atoms with van der Waals surface area (Å²) in [5.41, 5.74) is 2.10. The van der Waals surface area contributed by atoms with Crippen LogP contribution in [0.15, 0.2) is 47.8 Å². The SMILES string of the molecule is COc1ccc(C(=O)N(C)c2nc(-c3cc(OC)ccc3OC)cs2)cc1. The number of ether oxygens (including phenoxy) is 3. The summed E-state index contributed by atoms with van der Waals surface area (Å²) < 4.78 is 15.8. The molecular weight excluding hydrogens is 364 g/mol. The van der Waals surface area contributed by atoms with Gasteiger partial charge in [0.05, 0.1) is 27.0 Å². The molecule has 6 nitrogen and oxygen atoms in total. The Morgan fingerprint density at radius 3 is 2.26 bits per heavy atom. The maximum atomic E-state index is 12.7. The third kappa shape index (κ3) is 3.88. The number of methoxy groups -OCH3 is 3. The smallest absolute Gasteiger partial charge is 0.259 e. The van der Waals surface area contributed by atoms with Crippen molar-refractivity contribution in [2.75, 3.05) is 33.3 Å². The lowest BCUT2D eigenvalue weighted by Crippen LogP contribution is -2.26. The van der Waals surface area contributed by atoms with Crippen molar-refractivity contribution in [3.63, 3.8) is 0 Å². The molecule has 0 aliphatic rings. The Morgan fingerprint density at radius 1 is 0.963 bits per heavy atom. The minimum Gasteiger partial charge on any atom is -0.497 e. The molecular formula is C20H20N2O4S. The van der Waals surface area contributed by atoms with Gasteiger partial charge in [-0.05, 0) is 42.5 Å². The lowest BCUT2D eigenvalue weighted by atomic mass is 10.1. The number of aromatic nitrogens is 1. The number of rotatable bonds is 6. The highest BCUT2D eigenvalue weighted by molar-refractivity contribution is 7.14. The Balaban J connectivity index is 1.87. The number of hydrogen-bond acceptors (Lipinski definition) is 6. The van der Waals surface area contributed by atoms with Crippen molar-refractivity contribution in [2.45, 2.75) is 0 Å². The molecule has 0 unspecified atom stereocenters. The average Bonchev–Trinajstić information content (AvgIpc) is 3.22. The third-order valence-corrected chi connectivity index (χ3v) is 5.02. The van der Waals surface area contributed by atoms with E-state index in [1.165, 1.54) is 16.2 Å². The van der Waals surface area contributed by atoms with Crippen LogP contribution in [-0.4, -0.2) is 39.3 Å². The molecule has 0 fully saturated rings. The fourth-order valence-corrected chi connectivity index (χ4v) is 3.36. The summed E-state index contributed by atoms with van der Waals surface area (Å²) in [6.45, 7) is 0. The Hall–Kier alpha value is -3.06. The minimum atomic E-state index is -0.142. The van der Waals surface area contributed by atoms with Gasteiger partial charge < -0.3 is 14.2 Å². The highest BCUT2D eigenvalue weighted by Gasteiger charge is 2.18. The van der Waals surface area contributed by atoms with Gasteiger partial charge in [-0.2, -0.15) is 0 Å². The Bertz CT molecular complexity index is 937. The van der Waals surface area contributed by atoms with E-state index in [4.69, 9.17) is 14.2 Å². The first kappa shape index (κ1) is 18.7. The zero-order valence-electron chi connectivity index (χ0n) is 15.6. The molecule has 0 atom stereocenters. The van der Waals surface area contributed by atoms with Gasteiger partial charge in [0.15, 0.2) is 5.13 Å². The van der Waals surface area contributed by atoms with Gasteiger partial charge in [-0.1, -0.05) is 0 Å². The third-order valence-electron chi connectivity index (χ3n) is 4.10. The highest BCUT2D eigenvalue weighted by atomic mass is 32.1. The highest BCUT2D eigenvalue weighted by Crippen LogP contribution is 2.35. The first-order chi connectivity index (χ1) is 13.1. The molecule has 0 bridgehead atoms. The van der Waals surface area contributed by atoms with Crippen LogP contribution < -0.4 is 19.1 Å². The van der Waals surface area contributed by atoms with Crippen molar-refractivity contribution >= 4 is 22.4 Å². The number of anilines is 1. The summed E-state index contributed by atoms with van der Waals surface area (Å²) in [5.74, 6) is 1.96. The number of carbonyl (C=O) groups is 1. The summed E-state index contributed by atoms with van der Waals surface area (Å²) in [7, 11) is 6.52. The fraction of sp³-hybridized carbons (Fsp3) is 0.200. The molecule has 1 aromatic heterocycles. The first-order valence-electron chi connectivity index (χ1n) is 8.17. The number of nitrogens with zero attached hydrogens (tertiary/aromatic N) is 2. The molecule has 0 aliphatic carbocycles. The van der Waals surface area contributed by atoms with Gasteiger partial charge >= 0.3 is 0 Å². The van der Waals surface area contributed by atoms with E-state index >= 15 is 0 Å². The van der Waals surface area contributed by atoms with Crippen LogP contribution in [0.25, 0.3) is 11.3 Å². The first-order valence-corrected chi connectivity index (χ1v) is 9.05. The molecule has 0 N–H and O–H groups in total. The summed E-state index contributed by atoms with van der Waals surface area (Å²) in [4.78, 5) is 18.9. The van der Waals surface area contributed by atoms with Gasteiger partial charge in [0.1, 0.15) is 17.2 Å². The number of carbonyl (C=O) groups excluding carboxylic acids is 1. The van der Waals surface area contributed by atoms with Crippen molar-refractivity contribution < 1.29 is 19.0 Å². The van der Waals surface area contributed by atoms with E-state index in [1.54, 1.807) is 52.6 Å². The average molecular weight is 384 g/mol. The van der Waals surface area contributed by atoms with Gasteiger partial charge in [-0.25, -0.2) is 4.98 Å². The van der Waals surface area contributed by atoms with Gasteiger partial charge in [-0.3, -0.25) is 9.69 Å². The van der Waals surface area contributed by atoms with Crippen molar-refractivity contribution in [1.82, 2.24) is 4.98 Å². The predicted molar refractivity (Wildman–Crippen MR) is 106 cm³/mol. The predicted octanol–water partition coefficient (Wildman–Crippen LogP) is 4.11. The quantitative estimate of drug-likeness (QED) is 0.640. The molecule has 0 radical (unpaired) electrons. The van der Waals surface area contributed by atoms with Crippen molar-refractivity contribution in [1.29, 1.82) is 0 Å². The Labute approximate surface area is 161 Å². The lowest BCUT2D eigenvalue weighted by molar-refractivity contribution is 0.0993. The van der Waals surface area contributed by atoms with E-state index in [1.807, 2.05) is 23.6 Å². The maximum Gasteiger partial charge on any atom is 0.259 e. The van der Waals surface area contributed by atoms with E-state index in [2.05, 4.69) is 4.98 Å². The molecule has 0 aliphatic heterocycles. The fourth-order valence-electron chi connectivity index (χ4n) is 2.57. The van der Waals surface area contributed by atoms with Crippen LogP contribution in [0.3, 0.4) is 0 Å². The van der Waals surface area contributed by atoms with E-state index in [0.717, 1.165) is 11.3 Å². The topological polar surface area (TPSA) is 60.9 Å². The largest absolute Gasteiger partial charge is 0.497 e. The molecule has 1 heterocycles. The van der Waals surface area contributed by atoms with Crippen LogP contribution >= 0.6 is 11.3 Å². The number of amides is 1.